The summed E-state index contributed by atoms with van der Waals surface area (Å²) in [5.74, 6) is 0. The number of aliphatic hydroxyl groups is 1. The minimum Gasteiger partial charge on any atom is -0.389 e. The van der Waals surface area contributed by atoms with Crippen molar-refractivity contribution in [2.24, 2.45) is 0 Å². The van der Waals surface area contributed by atoms with E-state index in [2.05, 4.69) is 16.7 Å². The molecule has 1 fully saturated rings. The molecule has 1 aliphatic rings. The Balaban J connectivity index is 2.19. The van der Waals surface area contributed by atoms with Crippen molar-refractivity contribution in [3.8, 4) is 0 Å². The van der Waals surface area contributed by atoms with Gasteiger partial charge in [0.2, 0.25) is 0 Å². The van der Waals surface area contributed by atoms with Gasteiger partial charge in [0.15, 0.2) is 0 Å². The number of piperazine rings is 1. The zero-order valence-electron chi connectivity index (χ0n) is 12.8. The Labute approximate surface area is 117 Å². The first-order chi connectivity index (χ1) is 9.02. The monoisotopic (exact) mass is 274 g/mol. The summed E-state index contributed by atoms with van der Waals surface area (Å²) < 4.78 is 10.6. The van der Waals surface area contributed by atoms with Gasteiger partial charge >= 0.3 is 0 Å². The van der Waals surface area contributed by atoms with E-state index in [0.717, 1.165) is 32.8 Å². The second kappa shape index (κ2) is 8.87. The van der Waals surface area contributed by atoms with Crippen LogP contribution in [-0.2, 0) is 9.47 Å². The molecule has 1 N–H and O–H groups in total. The second-order valence-corrected chi connectivity index (χ2v) is 5.68. The topological polar surface area (TPSA) is 45.2 Å². The number of hydrogen-bond donors (Lipinski definition) is 1. The maximum absolute atomic E-state index is 9.91. The van der Waals surface area contributed by atoms with Crippen molar-refractivity contribution in [3.63, 3.8) is 0 Å². The number of ether oxygens (including phenoxy) is 2. The molecule has 1 aliphatic heterocycles. The molecule has 1 heterocycles. The van der Waals surface area contributed by atoms with E-state index < -0.39 is 0 Å². The number of aliphatic hydroxyl groups excluding tert-OH is 1. The van der Waals surface area contributed by atoms with Crippen LogP contribution in [0.15, 0.2) is 0 Å². The third-order valence-electron chi connectivity index (χ3n) is 3.53. The average molecular weight is 274 g/mol. The Bertz CT molecular complexity index is 231. The van der Waals surface area contributed by atoms with Gasteiger partial charge in [-0.05, 0) is 20.8 Å². The first kappa shape index (κ1) is 16.9. The van der Waals surface area contributed by atoms with Crippen LogP contribution in [0, 0.1) is 0 Å². The van der Waals surface area contributed by atoms with Gasteiger partial charge in [0, 0.05) is 45.9 Å². The van der Waals surface area contributed by atoms with E-state index in [4.69, 9.17) is 9.47 Å². The molecule has 114 valence electrons. The van der Waals surface area contributed by atoms with Crippen LogP contribution < -0.4 is 0 Å². The molecule has 0 radical (unpaired) electrons. The summed E-state index contributed by atoms with van der Waals surface area (Å²) in [5, 5.41) is 9.91. The van der Waals surface area contributed by atoms with Gasteiger partial charge in [-0.25, -0.2) is 0 Å². The van der Waals surface area contributed by atoms with Crippen LogP contribution in [0.1, 0.15) is 20.8 Å². The average Bonchev–Trinajstić information content (AvgIpc) is 2.37. The van der Waals surface area contributed by atoms with E-state index in [1.807, 2.05) is 13.8 Å². The van der Waals surface area contributed by atoms with Gasteiger partial charge in [-0.15, -0.1) is 0 Å². The summed E-state index contributed by atoms with van der Waals surface area (Å²) in [6.07, 6.45) is -0.202. The minimum atomic E-state index is -0.384. The number of nitrogens with zero attached hydrogens (tertiary/aromatic N) is 2. The van der Waals surface area contributed by atoms with Crippen molar-refractivity contribution in [2.75, 3.05) is 53.0 Å². The lowest BCUT2D eigenvalue weighted by Crippen LogP contribution is -2.52. The molecule has 5 nitrogen and oxygen atoms in total. The van der Waals surface area contributed by atoms with Gasteiger partial charge in [0.05, 0.1) is 25.4 Å². The first-order valence-corrected chi connectivity index (χ1v) is 7.28. The molecule has 5 heteroatoms. The van der Waals surface area contributed by atoms with Gasteiger partial charge in [0.25, 0.3) is 0 Å². The highest BCUT2D eigenvalue weighted by atomic mass is 16.5. The van der Waals surface area contributed by atoms with Crippen molar-refractivity contribution in [1.29, 1.82) is 0 Å². The third kappa shape index (κ3) is 6.68. The highest BCUT2D eigenvalue weighted by Gasteiger charge is 2.22. The fourth-order valence-electron chi connectivity index (χ4n) is 2.39. The molecular formula is C14H30N2O3. The van der Waals surface area contributed by atoms with Gasteiger partial charge in [0.1, 0.15) is 0 Å². The van der Waals surface area contributed by atoms with Crippen molar-refractivity contribution in [2.45, 2.75) is 39.0 Å². The van der Waals surface area contributed by atoms with Gasteiger partial charge in [-0.1, -0.05) is 0 Å². The molecule has 0 aromatic heterocycles. The van der Waals surface area contributed by atoms with E-state index in [0.29, 0.717) is 19.2 Å². The number of rotatable bonds is 8. The van der Waals surface area contributed by atoms with Crippen LogP contribution in [0.25, 0.3) is 0 Å². The molecule has 2 atom stereocenters. The van der Waals surface area contributed by atoms with Gasteiger partial charge in [-0.2, -0.15) is 0 Å². The van der Waals surface area contributed by atoms with Crippen LogP contribution >= 0.6 is 0 Å². The Morgan fingerprint density at radius 2 is 1.68 bits per heavy atom. The number of methoxy groups -OCH3 is 1. The lowest BCUT2D eigenvalue weighted by Gasteiger charge is -2.38. The largest absolute Gasteiger partial charge is 0.389 e. The Kier molecular flexibility index (Phi) is 7.87. The van der Waals surface area contributed by atoms with Crippen LogP contribution in [0.2, 0.25) is 0 Å². The molecule has 1 saturated heterocycles. The molecule has 0 aromatic rings. The van der Waals surface area contributed by atoms with Crippen LogP contribution in [0.5, 0.6) is 0 Å². The molecule has 0 amide bonds. The lowest BCUT2D eigenvalue weighted by molar-refractivity contribution is -0.0185. The predicted octanol–water partition coefficient (Wildman–Crippen LogP) is 0.425. The highest BCUT2D eigenvalue weighted by molar-refractivity contribution is 4.77. The summed E-state index contributed by atoms with van der Waals surface area (Å²) in [5.41, 5.74) is 0. The molecule has 0 spiro atoms. The summed E-state index contributed by atoms with van der Waals surface area (Å²) >= 11 is 0. The normalized spacial score (nSPS) is 21.8. The van der Waals surface area contributed by atoms with Crippen LogP contribution in [0.4, 0.5) is 0 Å². The van der Waals surface area contributed by atoms with E-state index in [1.165, 1.54) is 0 Å². The zero-order valence-corrected chi connectivity index (χ0v) is 12.8. The fraction of sp³-hybridized carbons (Fsp3) is 1.00. The Morgan fingerprint density at radius 1 is 1.05 bits per heavy atom. The number of β-amino-alcohol motifs (C(OH)–C–C–N with tert-alkyl or cyclic N) is 1. The number of hydrogen-bond acceptors (Lipinski definition) is 5. The smallest absolute Gasteiger partial charge is 0.0900 e. The Morgan fingerprint density at radius 3 is 2.21 bits per heavy atom. The van der Waals surface area contributed by atoms with Crippen molar-refractivity contribution in [1.82, 2.24) is 9.80 Å². The van der Waals surface area contributed by atoms with E-state index in [1.54, 1.807) is 7.11 Å². The van der Waals surface area contributed by atoms with Crippen molar-refractivity contribution in [3.05, 3.63) is 0 Å². The standard InChI is InChI=1S/C14H30N2O3/c1-12(2)19-11-14(17)9-15-5-7-16(8-6-15)13(3)10-18-4/h12-14,17H,5-11H2,1-4H3. The molecular weight excluding hydrogens is 244 g/mol. The SMILES string of the molecule is COCC(C)N1CCN(CC(O)COC(C)C)CC1. The lowest BCUT2D eigenvalue weighted by atomic mass is 10.2. The summed E-state index contributed by atoms with van der Waals surface area (Å²) in [7, 11) is 1.75. The van der Waals surface area contributed by atoms with E-state index in [9.17, 15) is 5.11 Å². The van der Waals surface area contributed by atoms with Crippen LogP contribution in [0.3, 0.4) is 0 Å². The summed E-state index contributed by atoms with van der Waals surface area (Å²) in [6.45, 7) is 12.2. The van der Waals surface area contributed by atoms with Gasteiger partial charge < -0.3 is 14.6 Å². The molecule has 0 bridgehead atoms. The van der Waals surface area contributed by atoms with E-state index in [-0.39, 0.29) is 12.2 Å². The maximum Gasteiger partial charge on any atom is 0.0900 e. The quantitative estimate of drug-likeness (QED) is 0.695. The minimum absolute atomic E-state index is 0.182. The van der Waals surface area contributed by atoms with Crippen molar-refractivity contribution < 1.29 is 14.6 Å². The summed E-state index contributed by atoms with van der Waals surface area (Å²) in [4.78, 5) is 4.75. The third-order valence-corrected chi connectivity index (χ3v) is 3.53. The zero-order chi connectivity index (χ0) is 14.3. The molecule has 2 unspecified atom stereocenters. The van der Waals surface area contributed by atoms with Crippen molar-refractivity contribution >= 4 is 0 Å². The maximum atomic E-state index is 9.91. The van der Waals surface area contributed by atoms with E-state index >= 15 is 0 Å². The van der Waals surface area contributed by atoms with Crippen LogP contribution in [-0.4, -0.2) is 86.2 Å². The first-order valence-electron chi connectivity index (χ1n) is 7.28. The highest BCUT2D eigenvalue weighted by Crippen LogP contribution is 2.07. The molecule has 0 aromatic carbocycles. The molecule has 0 saturated carbocycles. The molecule has 19 heavy (non-hydrogen) atoms. The molecule has 1 rings (SSSR count). The fourth-order valence-corrected chi connectivity index (χ4v) is 2.39. The second-order valence-electron chi connectivity index (χ2n) is 5.68. The summed E-state index contributed by atoms with van der Waals surface area (Å²) in [6, 6.07) is 0.473. The predicted molar refractivity (Wildman–Crippen MR) is 76.4 cm³/mol. The van der Waals surface area contributed by atoms with Gasteiger partial charge in [-0.3, -0.25) is 9.80 Å². The Hall–Kier alpha value is -0.200. The molecule has 0 aliphatic carbocycles.